The van der Waals surface area contributed by atoms with E-state index in [0.717, 1.165) is 23.3 Å². The van der Waals surface area contributed by atoms with E-state index in [1.54, 1.807) is 0 Å². The van der Waals surface area contributed by atoms with Gasteiger partial charge >= 0.3 is 0 Å². The SMILES string of the molecule is CC=CCOc1c(Br)cccc1CNCC. The summed E-state index contributed by atoms with van der Waals surface area (Å²) < 4.78 is 6.74. The molecule has 3 heteroatoms. The third-order valence-corrected chi connectivity index (χ3v) is 2.80. The van der Waals surface area contributed by atoms with Gasteiger partial charge in [-0.15, -0.1) is 0 Å². The highest BCUT2D eigenvalue weighted by Crippen LogP contribution is 2.29. The molecule has 1 rings (SSSR count). The summed E-state index contributed by atoms with van der Waals surface area (Å²) in [7, 11) is 0. The van der Waals surface area contributed by atoms with Crippen LogP contribution in [0.3, 0.4) is 0 Å². The fourth-order valence-electron chi connectivity index (χ4n) is 1.34. The normalized spacial score (nSPS) is 10.9. The molecule has 0 aliphatic carbocycles. The van der Waals surface area contributed by atoms with E-state index in [1.807, 2.05) is 31.2 Å². The van der Waals surface area contributed by atoms with Gasteiger partial charge in [0, 0.05) is 12.1 Å². The van der Waals surface area contributed by atoms with E-state index < -0.39 is 0 Å². The Morgan fingerprint density at radius 3 is 2.94 bits per heavy atom. The molecule has 0 bridgehead atoms. The second-order valence-electron chi connectivity index (χ2n) is 3.39. The third kappa shape index (κ3) is 3.99. The number of benzene rings is 1. The first-order chi connectivity index (χ1) is 7.79. The van der Waals surface area contributed by atoms with E-state index in [9.17, 15) is 0 Å². The minimum atomic E-state index is 0.609. The maximum absolute atomic E-state index is 5.73. The van der Waals surface area contributed by atoms with E-state index in [1.165, 1.54) is 5.56 Å². The highest BCUT2D eigenvalue weighted by Gasteiger charge is 2.06. The van der Waals surface area contributed by atoms with Crippen LogP contribution in [0.5, 0.6) is 5.75 Å². The van der Waals surface area contributed by atoms with Gasteiger partial charge in [-0.1, -0.05) is 31.2 Å². The first kappa shape index (κ1) is 13.3. The van der Waals surface area contributed by atoms with Crippen LogP contribution in [0.4, 0.5) is 0 Å². The molecule has 16 heavy (non-hydrogen) atoms. The molecule has 1 aromatic carbocycles. The molecule has 1 aromatic rings. The number of para-hydroxylation sites is 1. The predicted octanol–water partition coefficient (Wildman–Crippen LogP) is 3.51. The lowest BCUT2D eigenvalue weighted by Gasteiger charge is -2.12. The number of nitrogens with one attached hydrogen (secondary N) is 1. The van der Waals surface area contributed by atoms with E-state index >= 15 is 0 Å². The van der Waals surface area contributed by atoms with Crippen molar-refractivity contribution in [2.24, 2.45) is 0 Å². The molecule has 0 aliphatic heterocycles. The van der Waals surface area contributed by atoms with Gasteiger partial charge in [0.1, 0.15) is 12.4 Å². The summed E-state index contributed by atoms with van der Waals surface area (Å²) in [6.45, 7) is 6.49. The van der Waals surface area contributed by atoms with Crippen molar-refractivity contribution in [3.63, 3.8) is 0 Å². The summed E-state index contributed by atoms with van der Waals surface area (Å²) >= 11 is 3.51. The Morgan fingerprint density at radius 2 is 2.25 bits per heavy atom. The number of rotatable bonds is 6. The first-order valence-electron chi connectivity index (χ1n) is 5.51. The van der Waals surface area contributed by atoms with E-state index in [0.29, 0.717) is 6.61 Å². The number of hydrogen-bond acceptors (Lipinski definition) is 2. The summed E-state index contributed by atoms with van der Waals surface area (Å²) in [5.41, 5.74) is 1.18. The van der Waals surface area contributed by atoms with Gasteiger partial charge in [-0.05, 0) is 35.5 Å². The monoisotopic (exact) mass is 283 g/mol. The Morgan fingerprint density at radius 1 is 1.44 bits per heavy atom. The number of allylic oxidation sites excluding steroid dienone is 1. The standard InChI is InChI=1S/C13H18BrNO/c1-3-5-9-16-13-11(10-15-4-2)7-6-8-12(13)14/h3,5-8,15H,4,9-10H2,1-2H3. The zero-order valence-electron chi connectivity index (χ0n) is 9.79. The number of hydrogen-bond donors (Lipinski definition) is 1. The van der Waals surface area contributed by atoms with Crippen molar-refractivity contribution >= 4 is 15.9 Å². The van der Waals surface area contributed by atoms with Crippen molar-refractivity contribution in [1.82, 2.24) is 5.32 Å². The molecule has 0 saturated carbocycles. The minimum absolute atomic E-state index is 0.609. The number of ether oxygens (including phenoxy) is 1. The quantitative estimate of drug-likeness (QED) is 0.807. The van der Waals surface area contributed by atoms with Crippen LogP contribution in [-0.2, 0) is 6.54 Å². The Balaban J connectivity index is 2.76. The van der Waals surface area contributed by atoms with E-state index in [-0.39, 0.29) is 0 Å². The molecular weight excluding hydrogens is 266 g/mol. The van der Waals surface area contributed by atoms with Gasteiger partial charge in [0.15, 0.2) is 0 Å². The molecule has 0 atom stereocenters. The number of halogens is 1. The molecular formula is C13H18BrNO. The topological polar surface area (TPSA) is 21.3 Å². The summed E-state index contributed by atoms with van der Waals surface area (Å²) in [6.07, 6.45) is 3.98. The molecule has 0 amide bonds. The molecule has 0 aliphatic rings. The second-order valence-corrected chi connectivity index (χ2v) is 4.24. The van der Waals surface area contributed by atoms with Crippen LogP contribution in [0.15, 0.2) is 34.8 Å². The minimum Gasteiger partial charge on any atom is -0.488 e. The van der Waals surface area contributed by atoms with Gasteiger partial charge in [0.25, 0.3) is 0 Å². The third-order valence-electron chi connectivity index (χ3n) is 2.17. The molecule has 0 unspecified atom stereocenters. The van der Waals surface area contributed by atoms with Crippen molar-refractivity contribution in [3.8, 4) is 5.75 Å². The molecule has 0 saturated heterocycles. The van der Waals surface area contributed by atoms with Crippen LogP contribution >= 0.6 is 15.9 Å². The largest absolute Gasteiger partial charge is 0.488 e. The fraction of sp³-hybridized carbons (Fsp3) is 0.385. The molecule has 0 fully saturated rings. The van der Waals surface area contributed by atoms with Gasteiger partial charge < -0.3 is 10.1 Å². The highest BCUT2D eigenvalue weighted by atomic mass is 79.9. The molecule has 0 spiro atoms. The van der Waals surface area contributed by atoms with Gasteiger partial charge in [0.05, 0.1) is 4.47 Å². The summed E-state index contributed by atoms with van der Waals surface area (Å²) in [6, 6.07) is 6.11. The first-order valence-corrected chi connectivity index (χ1v) is 6.31. The molecule has 1 N–H and O–H groups in total. The van der Waals surface area contributed by atoms with Crippen LogP contribution in [-0.4, -0.2) is 13.2 Å². The highest BCUT2D eigenvalue weighted by molar-refractivity contribution is 9.10. The molecule has 2 nitrogen and oxygen atoms in total. The van der Waals surface area contributed by atoms with Crippen molar-refractivity contribution in [1.29, 1.82) is 0 Å². The van der Waals surface area contributed by atoms with Crippen LogP contribution in [0.25, 0.3) is 0 Å². The molecule has 0 aromatic heterocycles. The summed E-state index contributed by atoms with van der Waals surface area (Å²) in [4.78, 5) is 0. The summed E-state index contributed by atoms with van der Waals surface area (Å²) in [5, 5.41) is 3.30. The maximum atomic E-state index is 5.73. The molecule has 0 heterocycles. The van der Waals surface area contributed by atoms with Gasteiger partial charge in [-0.2, -0.15) is 0 Å². The lowest BCUT2D eigenvalue weighted by molar-refractivity contribution is 0.355. The maximum Gasteiger partial charge on any atom is 0.138 e. The van der Waals surface area contributed by atoms with E-state index in [4.69, 9.17) is 4.74 Å². The van der Waals surface area contributed by atoms with Gasteiger partial charge in [-0.3, -0.25) is 0 Å². The van der Waals surface area contributed by atoms with Gasteiger partial charge in [0.2, 0.25) is 0 Å². The van der Waals surface area contributed by atoms with Crippen LogP contribution in [0, 0.1) is 0 Å². The predicted molar refractivity (Wildman–Crippen MR) is 71.8 cm³/mol. The Bertz CT molecular complexity index is 350. The summed E-state index contributed by atoms with van der Waals surface area (Å²) in [5.74, 6) is 0.932. The Labute approximate surface area is 106 Å². The zero-order valence-corrected chi connectivity index (χ0v) is 11.4. The smallest absolute Gasteiger partial charge is 0.138 e. The average Bonchev–Trinajstić information content (AvgIpc) is 2.29. The van der Waals surface area contributed by atoms with Crippen molar-refractivity contribution in [3.05, 3.63) is 40.4 Å². The van der Waals surface area contributed by atoms with Crippen molar-refractivity contribution in [2.45, 2.75) is 20.4 Å². The van der Waals surface area contributed by atoms with Crippen LogP contribution in [0.1, 0.15) is 19.4 Å². The fourth-order valence-corrected chi connectivity index (χ4v) is 1.86. The Hall–Kier alpha value is -0.800. The van der Waals surface area contributed by atoms with E-state index in [2.05, 4.69) is 34.2 Å². The average molecular weight is 284 g/mol. The van der Waals surface area contributed by atoms with Crippen LogP contribution < -0.4 is 10.1 Å². The lowest BCUT2D eigenvalue weighted by Crippen LogP contribution is -2.13. The molecule has 0 radical (unpaired) electrons. The van der Waals surface area contributed by atoms with Crippen LogP contribution in [0.2, 0.25) is 0 Å². The second kappa shape index (κ2) is 7.47. The van der Waals surface area contributed by atoms with Crippen molar-refractivity contribution < 1.29 is 4.74 Å². The van der Waals surface area contributed by atoms with Gasteiger partial charge in [-0.25, -0.2) is 0 Å². The zero-order chi connectivity index (χ0) is 11.8. The van der Waals surface area contributed by atoms with Crippen molar-refractivity contribution in [2.75, 3.05) is 13.2 Å². The Kier molecular flexibility index (Phi) is 6.19. The molecule has 88 valence electrons. The lowest BCUT2D eigenvalue weighted by atomic mass is 10.2.